The fourth-order valence-electron chi connectivity index (χ4n) is 4.56. The fourth-order valence-corrected chi connectivity index (χ4v) is 4.56. The van der Waals surface area contributed by atoms with Gasteiger partial charge in [-0.1, -0.05) is 18.9 Å². The van der Waals surface area contributed by atoms with Crippen LogP contribution in [0.1, 0.15) is 25.7 Å². The molecular weight excluding hydrogens is 433 g/mol. The molecule has 0 unspecified atom stereocenters. The largest absolute Gasteiger partial charge is 0.372 e. The Balaban J connectivity index is 1.17. The van der Waals surface area contributed by atoms with Crippen molar-refractivity contribution in [3.8, 4) is 0 Å². The number of nitrogens with zero attached hydrogens (tertiary/aromatic N) is 3. The summed E-state index contributed by atoms with van der Waals surface area (Å²) < 4.78 is 13.3. The Hall–Kier alpha value is -2.97. The van der Waals surface area contributed by atoms with Crippen molar-refractivity contribution in [1.82, 2.24) is 9.80 Å². The average Bonchev–Trinajstić information content (AvgIpc) is 3.10. The summed E-state index contributed by atoms with van der Waals surface area (Å²) in [6.07, 6.45) is 5.09. The molecular formula is C26H34FN5O2. The summed E-state index contributed by atoms with van der Waals surface area (Å²) in [5.41, 5.74) is 2.49. The molecule has 34 heavy (non-hydrogen) atoms. The Labute approximate surface area is 200 Å². The van der Waals surface area contributed by atoms with E-state index in [2.05, 4.69) is 32.6 Å². The molecule has 2 saturated heterocycles. The lowest BCUT2D eigenvalue weighted by Gasteiger charge is -2.33. The number of amides is 2. The number of piperazine rings is 1. The number of hydrogen-bond donors (Lipinski definition) is 2. The maximum absolute atomic E-state index is 13.3. The first-order valence-corrected chi connectivity index (χ1v) is 12.2. The number of nitrogens with one attached hydrogen (secondary N) is 2. The van der Waals surface area contributed by atoms with Crippen molar-refractivity contribution in [3.63, 3.8) is 0 Å². The van der Waals surface area contributed by atoms with Crippen LogP contribution >= 0.6 is 0 Å². The Kier molecular flexibility index (Phi) is 8.49. The van der Waals surface area contributed by atoms with Gasteiger partial charge in [-0.15, -0.1) is 0 Å². The van der Waals surface area contributed by atoms with E-state index >= 15 is 0 Å². The van der Waals surface area contributed by atoms with Crippen LogP contribution in [0.2, 0.25) is 0 Å². The molecule has 2 aromatic carbocycles. The van der Waals surface area contributed by atoms with Crippen LogP contribution in [0.5, 0.6) is 0 Å². The summed E-state index contributed by atoms with van der Waals surface area (Å²) in [4.78, 5) is 31.3. The quantitative estimate of drug-likeness (QED) is 0.653. The Morgan fingerprint density at radius 3 is 1.82 bits per heavy atom. The third kappa shape index (κ3) is 7.27. The average molecular weight is 468 g/mol. The number of benzene rings is 2. The number of rotatable bonds is 7. The van der Waals surface area contributed by atoms with Crippen LogP contribution in [0.4, 0.5) is 21.5 Å². The molecule has 7 nitrogen and oxygen atoms in total. The number of halogens is 1. The molecule has 2 heterocycles. The Morgan fingerprint density at radius 1 is 0.706 bits per heavy atom. The van der Waals surface area contributed by atoms with Crippen molar-refractivity contribution in [2.24, 2.45) is 0 Å². The van der Waals surface area contributed by atoms with E-state index in [0.717, 1.165) is 18.8 Å². The van der Waals surface area contributed by atoms with Crippen molar-refractivity contribution < 1.29 is 14.0 Å². The van der Waals surface area contributed by atoms with Gasteiger partial charge < -0.3 is 15.5 Å². The molecule has 0 aromatic heterocycles. The zero-order valence-corrected chi connectivity index (χ0v) is 19.6. The molecule has 182 valence electrons. The molecule has 2 N–H and O–H groups in total. The first kappa shape index (κ1) is 24.2. The van der Waals surface area contributed by atoms with Gasteiger partial charge in [-0.2, -0.15) is 0 Å². The van der Waals surface area contributed by atoms with E-state index in [1.54, 1.807) is 12.1 Å². The highest BCUT2D eigenvalue weighted by molar-refractivity contribution is 5.93. The molecule has 4 rings (SSSR count). The minimum Gasteiger partial charge on any atom is -0.372 e. The first-order valence-electron chi connectivity index (χ1n) is 12.2. The van der Waals surface area contributed by atoms with Crippen LogP contribution in [0.3, 0.4) is 0 Å². The van der Waals surface area contributed by atoms with E-state index in [0.29, 0.717) is 38.4 Å². The molecule has 0 aliphatic carbocycles. The zero-order valence-electron chi connectivity index (χ0n) is 19.6. The van der Waals surface area contributed by atoms with Gasteiger partial charge in [0.15, 0.2) is 0 Å². The highest BCUT2D eigenvalue weighted by Gasteiger charge is 2.21. The maximum Gasteiger partial charge on any atom is 0.238 e. The Bertz CT molecular complexity index is 952. The topological polar surface area (TPSA) is 67.9 Å². The van der Waals surface area contributed by atoms with E-state index in [9.17, 15) is 14.0 Å². The minimum atomic E-state index is -0.377. The lowest BCUT2D eigenvalue weighted by molar-refractivity contribution is -0.120. The van der Waals surface area contributed by atoms with Gasteiger partial charge >= 0.3 is 0 Å². The van der Waals surface area contributed by atoms with Gasteiger partial charge in [0.25, 0.3) is 0 Å². The number of carbonyl (C=O) groups excluding carboxylic acids is 2. The highest BCUT2D eigenvalue weighted by Crippen LogP contribution is 2.21. The SMILES string of the molecule is O=C(CN1CCN(CC(=O)Nc2cccc(F)c2)CC1)Nc1ccc(N2CCCCCC2)cc1. The predicted molar refractivity (Wildman–Crippen MR) is 134 cm³/mol. The second-order valence-corrected chi connectivity index (χ2v) is 9.11. The van der Waals surface area contributed by atoms with E-state index in [4.69, 9.17) is 0 Å². The van der Waals surface area contributed by atoms with Crippen molar-refractivity contribution in [2.75, 3.05) is 67.9 Å². The van der Waals surface area contributed by atoms with Crippen molar-refractivity contribution in [3.05, 3.63) is 54.3 Å². The highest BCUT2D eigenvalue weighted by atomic mass is 19.1. The number of anilines is 3. The van der Waals surface area contributed by atoms with Gasteiger partial charge in [0, 0.05) is 56.3 Å². The van der Waals surface area contributed by atoms with Crippen molar-refractivity contribution in [2.45, 2.75) is 25.7 Å². The molecule has 0 radical (unpaired) electrons. The molecule has 0 spiro atoms. The number of hydrogen-bond acceptors (Lipinski definition) is 5. The maximum atomic E-state index is 13.3. The van der Waals surface area contributed by atoms with Crippen LogP contribution in [-0.2, 0) is 9.59 Å². The summed E-state index contributed by atoms with van der Waals surface area (Å²) in [5.74, 6) is -0.571. The van der Waals surface area contributed by atoms with E-state index in [1.807, 2.05) is 17.0 Å². The summed E-state index contributed by atoms with van der Waals surface area (Å²) in [6.45, 7) is 5.62. The summed E-state index contributed by atoms with van der Waals surface area (Å²) >= 11 is 0. The summed E-state index contributed by atoms with van der Waals surface area (Å²) in [7, 11) is 0. The number of carbonyl (C=O) groups is 2. The first-order chi connectivity index (χ1) is 16.5. The van der Waals surface area contributed by atoms with Crippen LogP contribution in [0.15, 0.2) is 48.5 Å². The molecule has 2 aliphatic rings. The van der Waals surface area contributed by atoms with E-state index in [-0.39, 0.29) is 24.2 Å². The smallest absolute Gasteiger partial charge is 0.238 e. The third-order valence-electron chi connectivity index (χ3n) is 6.43. The molecule has 0 saturated carbocycles. The molecule has 2 aliphatic heterocycles. The second kappa shape index (κ2) is 11.9. The van der Waals surface area contributed by atoms with Crippen LogP contribution in [0, 0.1) is 5.82 Å². The van der Waals surface area contributed by atoms with Crippen molar-refractivity contribution >= 4 is 28.9 Å². The molecule has 2 aromatic rings. The second-order valence-electron chi connectivity index (χ2n) is 9.11. The van der Waals surface area contributed by atoms with Gasteiger partial charge in [0.1, 0.15) is 5.82 Å². The van der Waals surface area contributed by atoms with Gasteiger partial charge in [-0.25, -0.2) is 4.39 Å². The van der Waals surface area contributed by atoms with E-state index in [1.165, 1.54) is 43.5 Å². The lowest BCUT2D eigenvalue weighted by Crippen LogP contribution is -2.50. The molecule has 0 bridgehead atoms. The lowest BCUT2D eigenvalue weighted by atomic mass is 10.2. The van der Waals surface area contributed by atoms with Crippen molar-refractivity contribution in [1.29, 1.82) is 0 Å². The summed E-state index contributed by atoms with van der Waals surface area (Å²) in [6, 6.07) is 14.0. The third-order valence-corrected chi connectivity index (χ3v) is 6.43. The molecule has 8 heteroatoms. The summed E-state index contributed by atoms with van der Waals surface area (Å²) in [5, 5.41) is 5.73. The van der Waals surface area contributed by atoms with Gasteiger partial charge in [-0.3, -0.25) is 19.4 Å². The van der Waals surface area contributed by atoms with Crippen LogP contribution in [0.25, 0.3) is 0 Å². The van der Waals surface area contributed by atoms with Gasteiger partial charge in [0.2, 0.25) is 11.8 Å². The van der Waals surface area contributed by atoms with Gasteiger partial charge in [0.05, 0.1) is 13.1 Å². The minimum absolute atomic E-state index is 0.0279. The molecule has 2 fully saturated rings. The monoisotopic (exact) mass is 467 g/mol. The van der Waals surface area contributed by atoms with E-state index < -0.39 is 0 Å². The molecule has 0 atom stereocenters. The standard InChI is InChI=1S/C26H34FN5O2/c27-21-6-5-7-23(18-21)29-26(34)20-31-16-14-30(15-17-31)19-25(33)28-22-8-10-24(11-9-22)32-12-3-1-2-4-13-32/h5-11,18H,1-4,12-17,19-20H2,(H,28,33)(H,29,34). The Morgan fingerprint density at radius 2 is 1.26 bits per heavy atom. The van der Waals surface area contributed by atoms with Gasteiger partial charge in [-0.05, 0) is 55.3 Å². The van der Waals surface area contributed by atoms with Crippen LogP contribution in [-0.4, -0.2) is 74.0 Å². The fraction of sp³-hybridized carbons (Fsp3) is 0.462. The van der Waals surface area contributed by atoms with Crippen LogP contribution < -0.4 is 15.5 Å². The normalized spacial score (nSPS) is 17.7. The zero-order chi connectivity index (χ0) is 23.8. The predicted octanol–water partition coefficient (Wildman–Crippen LogP) is 3.40. The molecule has 2 amide bonds.